The topological polar surface area (TPSA) is 78.4 Å². The maximum Gasteiger partial charge on any atom is 0.274 e. The third-order valence-corrected chi connectivity index (χ3v) is 8.31. The summed E-state index contributed by atoms with van der Waals surface area (Å²) in [4.78, 5) is 39.3. The largest absolute Gasteiger partial charge is 0.317 e. The first-order chi connectivity index (χ1) is 19.4. The van der Waals surface area contributed by atoms with Crippen molar-refractivity contribution in [3.63, 3.8) is 0 Å². The molecular weight excluding hydrogens is 532 g/mol. The molecule has 1 fully saturated rings. The molecule has 2 aromatic carbocycles. The van der Waals surface area contributed by atoms with Crippen LogP contribution in [0, 0.1) is 11.6 Å². The minimum absolute atomic E-state index is 0.122. The molecule has 0 spiro atoms. The van der Waals surface area contributed by atoms with Gasteiger partial charge in [-0.25, -0.2) is 18.7 Å². The van der Waals surface area contributed by atoms with Gasteiger partial charge in [-0.2, -0.15) is 0 Å². The number of amides is 2. The molecule has 40 heavy (non-hydrogen) atoms. The number of nitrogens with one attached hydrogen (secondary N) is 1. The highest BCUT2D eigenvalue weighted by atomic mass is 32.1. The number of carbonyl (C=O) groups is 2. The maximum atomic E-state index is 15.2. The van der Waals surface area contributed by atoms with Crippen molar-refractivity contribution in [3.8, 4) is 11.3 Å². The lowest BCUT2D eigenvalue weighted by Gasteiger charge is -2.29. The standard InChI is InChI=1S/C30H27F2N5O2S/c1-36-12-9-18(10-13-36)23-7-5-19(16-24(23)32)25-8-6-21-17-37(29(39)26(21)34-25)27(20-3-2-4-22(31)15-20)28(38)35-30-33-11-14-40-30/h2-8,11,14-16,18,27H,9-10,12-13,17H2,1H3,(H,33,35,38). The van der Waals surface area contributed by atoms with Crippen LogP contribution in [0.25, 0.3) is 11.3 Å². The molecule has 0 bridgehead atoms. The third-order valence-electron chi connectivity index (χ3n) is 7.62. The molecular formula is C30H27F2N5O2S. The van der Waals surface area contributed by atoms with Gasteiger partial charge in [0.05, 0.1) is 5.69 Å². The molecule has 4 aromatic rings. The Bertz CT molecular complexity index is 1570. The van der Waals surface area contributed by atoms with Crippen LogP contribution in [-0.2, 0) is 11.3 Å². The third kappa shape index (κ3) is 5.12. The summed E-state index contributed by atoms with van der Waals surface area (Å²) in [6.07, 6.45) is 3.39. The summed E-state index contributed by atoms with van der Waals surface area (Å²) in [5.41, 5.74) is 2.93. The maximum absolute atomic E-state index is 15.2. The van der Waals surface area contributed by atoms with Crippen LogP contribution < -0.4 is 5.32 Å². The van der Waals surface area contributed by atoms with E-state index >= 15 is 4.39 Å². The molecule has 2 aliphatic rings. The van der Waals surface area contributed by atoms with Crippen LogP contribution in [0.4, 0.5) is 13.9 Å². The van der Waals surface area contributed by atoms with Crippen molar-refractivity contribution in [3.05, 3.63) is 100 Å². The van der Waals surface area contributed by atoms with Crippen molar-refractivity contribution in [1.82, 2.24) is 19.8 Å². The Morgan fingerprint density at radius 3 is 2.65 bits per heavy atom. The second-order valence-corrected chi connectivity index (χ2v) is 11.1. The van der Waals surface area contributed by atoms with Crippen molar-refractivity contribution >= 4 is 28.3 Å². The van der Waals surface area contributed by atoms with Gasteiger partial charge in [-0.05, 0) is 74.3 Å². The fraction of sp³-hybridized carbons (Fsp3) is 0.267. The van der Waals surface area contributed by atoms with Crippen molar-refractivity contribution < 1.29 is 18.4 Å². The number of pyridine rings is 1. The Balaban J connectivity index is 1.28. The van der Waals surface area contributed by atoms with Gasteiger partial charge in [-0.3, -0.25) is 14.9 Å². The Labute approximate surface area is 234 Å². The van der Waals surface area contributed by atoms with Gasteiger partial charge >= 0.3 is 0 Å². The summed E-state index contributed by atoms with van der Waals surface area (Å²) in [6.45, 7) is 2.00. The summed E-state index contributed by atoms with van der Waals surface area (Å²) < 4.78 is 29.4. The number of aromatic nitrogens is 2. The molecule has 7 nitrogen and oxygen atoms in total. The number of hydrogen-bond acceptors (Lipinski definition) is 6. The fourth-order valence-corrected chi connectivity index (χ4v) is 6.04. The monoisotopic (exact) mass is 559 g/mol. The average molecular weight is 560 g/mol. The highest BCUT2D eigenvalue weighted by molar-refractivity contribution is 7.13. The van der Waals surface area contributed by atoms with E-state index in [0.29, 0.717) is 33.1 Å². The summed E-state index contributed by atoms with van der Waals surface area (Å²) in [5.74, 6) is -1.56. The molecule has 2 aromatic heterocycles. The van der Waals surface area contributed by atoms with E-state index in [4.69, 9.17) is 0 Å². The number of hydrogen-bond donors (Lipinski definition) is 1. The van der Waals surface area contributed by atoms with E-state index in [0.717, 1.165) is 25.9 Å². The molecule has 1 atom stereocenters. The predicted octanol–water partition coefficient (Wildman–Crippen LogP) is 5.63. The van der Waals surface area contributed by atoms with Gasteiger partial charge in [-0.1, -0.05) is 30.3 Å². The zero-order valence-corrected chi connectivity index (χ0v) is 22.6. The number of halogens is 2. The summed E-state index contributed by atoms with van der Waals surface area (Å²) >= 11 is 1.24. The zero-order chi connectivity index (χ0) is 27.8. The quantitative estimate of drug-likeness (QED) is 0.331. The number of anilines is 1. The molecule has 4 heterocycles. The summed E-state index contributed by atoms with van der Waals surface area (Å²) in [5, 5.41) is 4.83. The first-order valence-electron chi connectivity index (χ1n) is 13.1. The molecule has 0 saturated carbocycles. The molecule has 10 heteroatoms. The van der Waals surface area contributed by atoms with Gasteiger partial charge in [0.2, 0.25) is 0 Å². The molecule has 6 rings (SSSR count). The molecule has 0 radical (unpaired) electrons. The molecule has 1 unspecified atom stereocenters. The van der Waals surface area contributed by atoms with E-state index in [2.05, 4.69) is 27.2 Å². The molecule has 2 aliphatic heterocycles. The summed E-state index contributed by atoms with van der Waals surface area (Å²) in [7, 11) is 2.07. The first kappa shape index (κ1) is 26.2. The van der Waals surface area contributed by atoms with Gasteiger partial charge in [0, 0.05) is 29.2 Å². The van der Waals surface area contributed by atoms with Gasteiger partial charge in [-0.15, -0.1) is 11.3 Å². The zero-order valence-electron chi connectivity index (χ0n) is 21.8. The van der Waals surface area contributed by atoms with Crippen LogP contribution in [0.15, 0.2) is 66.2 Å². The van der Waals surface area contributed by atoms with E-state index in [-0.39, 0.29) is 24.0 Å². The smallest absolute Gasteiger partial charge is 0.274 e. The highest BCUT2D eigenvalue weighted by Gasteiger charge is 2.39. The number of likely N-dealkylation sites (tertiary alicyclic amines) is 1. The lowest BCUT2D eigenvalue weighted by Crippen LogP contribution is -2.37. The van der Waals surface area contributed by atoms with Crippen molar-refractivity contribution in [2.75, 3.05) is 25.5 Å². The SMILES string of the molecule is CN1CCC(c2ccc(-c3ccc4c(n3)C(=O)N(C(C(=O)Nc3nccs3)c3cccc(F)c3)C4)cc2F)CC1. The normalized spacial score (nSPS) is 16.7. The second-order valence-electron chi connectivity index (χ2n) is 10.2. The van der Waals surface area contributed by atoms with Crippen molar-refractivity contribution in [2.24, 2.45) is 0 Å². The van der Waals surface area contributed by atoms with Crippen molar-refractivity contribution in [1.29, 1.82) is 0 Å². The average Bonchev–Trinajstić information content (AvgIpc) is 3.57. The molecule has 1 saturated heterocycles. The lowest BCUT2D eigenvalue weighted by atomic mass is 9.88. The highest BCUT2D eigenvalue weighted by Crippen LogP contribution is 2.35. The number of nitrogens with zero attached hydrogens (tertiary/aromatic N) is 4. The lowest BCUT2D eigenvalue weighted by molar-refractivity contribution is -0.120. The Morgan fingerprint density at radius 1 is 1.10 bits per heavy atom. The number of piperidine rings is 1. The Morgan fingerprint density at radius 2 is 1.93 bits per heavy atom. The van der Waals surface area contributed by atoms with Crippen LogP contribution in [0.1, 0.15) is 52.0 Å². The van der Waals surface area contributed by atoms with Crippen LogP contribution in [-0.4, -0.2) is 51.7 Å². The van der Waals surface area contributed by atoms with Gasteiger partial charge < -0.3 is 9.80 Å². The van der Waals surface area contributed by atoms with Gasteiger partial charge in [0.15, 0.2) is 5.13 Å². The van der Waals surface area contributed by atoms with E-state index in [1.54, 1.807) is 29.8 Å². The molecule has 1 N–H and O–H groups in total. The Hall–Kier alpha value is -4.02. The minimum Gasteiger partial charge on any atom is -0.317 e. The minimum atomic E-state index is -1.10. The first-order valence-corrected chi connectivity index (χ1v) is 14.0. The second kappa shape index (κ2) is 10.9. The van der Waals surface area contributed by atoms with E-state index in [1.165, 1.54) is 40.5 Å². The molecule has 2 amide bonds. The number of rotatable bonds is 6. The van der Waals surface area contributed by atoms with Crippen LogP contribution >= 0.6 is 11.3 Å². The fourth-order valence-electron chi connectivity index (χ4n) is 5.51. The molecule has 0 aliphatic carbocycles. The predicted molar refractivity (Wildman–Crippen MR) is 149 cm³/mol. The number of benzene rings is 2. The number of carbonyl (C=O) groups excluding carboxylic acids is 2. The van der Waals surface area contributed by atoms with Gasteiger partial charge in [0.25, 0.3) is 11.8 Å². The van der Waals surface area contributed by atoms with Crippen molar-refractivity contribution in [2.45, 2.75) is 31.3 Å². The van der Waals surface area contributed by atoms with E-state index < -0.39 is 23.7 Å². The van der Waals surface area contributed by atoms with Crippen LogP contribution in [0.2, 0.25) is 0 Å². The molecule has 204 valence electrons. The number of thiazole rings is 1. The van der Waals surface area contributed by atoms with Crippen LogP contribution in [0.3, 0.4) is 0 Å². The van der Waals surface area contributed by atoms with Gasteiger partial charge in [0.1, 0.15) is 23.4 Å². The van der Waals surface area contributed by atoms with E-state index in [9.17, 15) is 14.0 Å². The Kier molecular flexibility index (Phi) is 7.12. The van der Waals surface area contributed by atoms with E-state index in [1.807, 2.05) is 12.1 Å². The van der Waals surface area contributed by atoms with Crippen LogP contribution in [0.5, 0.6) is 0 Å². The summed E-state index contributed by atoms with van der Waals surface area (Å²) in [6, 6.07) is 13.2. The number of fused-ring (bicyclic) bond motifs is 1.